The van der Waals surface area contributed by atoms with Crippen LogP contribution in [0.4, 0.5) is 0 Å². The van der Waals surface area contributed by atoms with Crippen molar-refractivity contribution < 1.29 is 13.2 Å². The molecular weight excluding hydrogens is 515 g/mol. The monoisotopic (exact) mass is 544 g/mol. The van der Waals surface area contributed by atoms with E-state index in [1.54, 1.807) is 24.3 Å². The number of rotatable bonds is 7. The number of halogens is 2. The van der Waals surface area contributed by atoms with Crippen LogP contribution in [-0.2, 0) is 10.0 Å². The number of aliphatic imine (C=N–C) groups is 1. The van der Waals surface area contributed by atoms with Gasteiger partial charge in [-0.15, -0.1) is 24.0 Å². The number of hydrogen-bond donors (Lipinski definition) is 2. The number of piperidine rings is 1. The van der Waals surface area contributed by atoms with E-state index in [4.69, 9.17) is 16.3 Å². The van der Waals surface area contributed by atoms with Crippen LogP contribution in [0.15, 0.2) is 29.3 Å². The fourth-order valence-electron chi connectivity index (χ4n) is 2.89. The van der Waals surface area contributed by atoms with Crippen LogP contribution in [-0.4, -0.2) is 63.3 Å². The zero-order valence-corrected chi connectivity index (χ0v) is 20.4. The van der Waals surface area contributed by atoms with E-state index in [0.29, 0.717) is 36.4 Å². The van der Waals surface area contributed by atoms with E-state index in [2.05, 4.69) is 15.6 Å². The van der Waals surface area contributed by atoms with Gasteiger partial charge in [-0.1, -0.05) is 23.7 Å². The lowest BCUT2D eigenvalue weighted by molar-refractivity contribution is 0.223. The third-order valence-electron chi connectivity index (χ3n) is 4.50. The van der Waals surface area contributed by atoms with Crippen molar-refractivity contribution in [3.8, 4) is 5.75 Å². The summed E-state index contributed by atoms with van der Waals surface area (Å²) in [6.07, 6.45) is 1.41. The zero-order valence-electron chi connectivity index (χ0n) is 16.5. The summed E-state index contributed by atoms with van der Waals surface area (Å²) < 4.78 is 31.3. The van der Waals surface area contributed by atoms with Gasteiger partial charge >= 0.3 is 0 Å². The highest BCUT2D eigenvalue weighted by molar-refractivity contribution is 14.0. The standard InChI is InChI=1S/C18H29ClN4O3S.HI/c1-4-27(24,25)23-11-9-15(10-12-23)22-18(20-3)21-13-14(2)26-17-8-6-5-7-16(17)19;/h5-8,14-15H,4,9-13H2,1-3H3,(H2,20,21,22);1H. The highest BCUT2D eigenvalue weighted by Crippen LogP contribution is 2.24. The number of ether oxygens (including phenoxy) is 1. The number of nitrogens with zero attached hydrogens (tertiary/aromatic N) is 2. The van der Waals surface area contributed by atoms with Crippen molar-refractivity contribution in [3.05, 3.63) is 29.3 Å². The lowest BCUT2D eigenvalue weighted by atomic mass is 10.1. The van der Waals surface area contributed by atoms with Crippen molar-refractivity contribution in [1.29, 1.82) is 0 Å². The van der Waals surface area contributed by atoms with Gasteiger partial charge in [0.25, 0.3) is 0 Å². The van der Waals surface area contributed by atoms with Crippen LogP contribution in [0, 0.1) is 0 Å². The molecule has 28 heavy (non-hydrogen) atoms. The highest BCUT2D eigenvalue weighted by atomic mass is 127. The Morgan fingerprint density at radius 1 is 1.36 bits per heavy atom. The number of hydrogen-bond acceptors (Lipinski definition) is 4. The molecule has 160 valence electrons. The fraction of sp³-hybridized carbons (Fsp3) is 0.611. The summed E-state index contributed by atoms with van der Waals surface area (Å²) in [5.74, 6) is 1.49. The largest absolute Gasteiger partial charge is 0.487 e. The van der Waals surface area contributed by atoms with Gasteiger partial charge in [0, 0.05) is 26.2 Å². The second-order valence-corrected chi connectivity index (χ2v) is 9.20. The average Bonchev–Trinajstić information content (AvgIpc) is 2.67. The molecule has 0 bridgehead atoms. The van der Waals surface area contributed by atoms with E-state index in [0.717, 1.165) is 12.8 Å². The van der Waals surface area contributed by atoms with Gasteiger partial charge in [0.2, 0.25) is 10.0 Å². The van der Waals surface area contributed by atoms with Crippen molar-refractivity contribution in [1.82, 2.24) is 14.9 Å². The van der Waals surface area contributed by atoms with E-state index in [-0.39, 0.29) is 41.9 Å². The topological polar surface area (TPSA) is 83.0 Å². The Hall–Kier alpha value is -0.780. The van der Waals surface area contributed by atoms with Gasteiger partial charge in [-0.2, -0.15) is 0 Å². The first kappa shape index (κ1) is 25.3. The van der Waals surface area contributed by atoms with Crippen LogP contribution in [0.1, 0.15) is 26.7 Å². The molecule has 2 N–H and O–H groups in total. The molecule has 1 saturated heterocycles. The van der Waals surface area contributed by atoms with Crippen LogP contribution in [0.3, 0.4) is 0 Å². The summed E-state index contributed by atoms with van der Waals surface area (Å²) in [6, 6.07) is 7.57. The third kappa shape index (κ3) is 7.57. The molecule has 1 atom stereocenters. The molecule has 7 nitrogen and oxygen atoms in total. The SMILES string of the molecule is CCS(=O)(=O)N1CCC(NC(=NC)NCC(C)Oc2ccccc2Cl)CC1.I. The molecule has 2 rings (SSSR count). The Bertz CT molecular complexity index is 740. The molecule has 1 fully saturated rings. The van der Waals surface area contributed by atoms with Gasteiger partial charge in [0.15, 0.2) is 5.96 Å². The Balaban J connectivity index is 0.00000392. The van der Waals surface area contributed by atoms with Crippen LogP contribution < -0.4 is 15.4 Å². The van der Waals surface area contributed by atoms with Gasteiger partial charge in [-0.05, 0) is 38.8 Å². The molecule has 1 aliphatic rings. The van der Waals surface area contributed by atoms with Crippen LogP contribution in [0.5, 0.6) is 5.75 Å². The van der Waals surface area contributed by atoms with E-state index < -0.39 is 10.0 Å². The maximum Gasteiger partial charge on any atom is 0.213 e. The number of nitrogens with one attached hydrogen (secondary N) is 2. The first-order valence-corrected chi connectivity index (χ1v) is 11.2. The summed E-state index contributed by atoms with van der Waals surface area (Å²) in [5, 5.41) is 7.19. The van der Waals surface area contributed by atoms with Crippen molar-refractivity contribution >= 4 is 51.6 Å². The predicted octanol–water partition coefficient (Wildman–Crippen LogP) is 2.70. The lowest BCUT2D eigenvalue weighted by Crippen LogP contribution is -2.51. The maximum atomic E-state index is 11.9. The van der Waals surface area contributed by atoms with E-state index >= 15 is 0 Å². The van der Waals surface area contributed by atoms with Gasteiger partial charge in [-0.25, -0.2) is 12.7 Å². The number of para-hydroxylation sites is 1. The minimum atomic E-state index is -3.10. The molecule has 0 aromatic heterocycles. The minimum absolute atomic E-state index is 0. The second kappa shape index (κ2) is 12.0. The summed E-state index contributed by atoms with van der Waals surface area (Å²) in [7, 11) is -1.39. The van der Waals surface area contributed by atoms with Gasteiger partial charge in [0.05, 0.1) is 17.3 Å². The van der Waals surface area contributed by atoms with Crippen LogP contribution >= 0.6 is 35.6 Å². The van der Waals surface area contributed by atoms with Gasteiger partial charge in [0.1, 0.15) is 11.9 Å². The number of sulfonamides is 1. The Morgan fingerprint density at radius 3 is 2.57 bits per heavy atom. The number of guanidine groups is 1. The molecule has 1 aromatic carbocycles. The van der Waals surface area contributed by atoms with E-state index in [1.807, 2.05) is 25.1 Å². The summed E-state index contributed by atoms with van der Waals surface area (Å²) in [4.78, 5) is 4.24. The molecule has 1 aliphatic heterocycles. The van der Waals surface area contributed by atoms with Crippen LogP contribution in [0.25, 0.3) is 0 Å². The Labute approximate surface area is 190 Å². The maximum absolute atomic E-state index is 11.9. The van der Waals surface area contributed by atoms with Crippen molar-refractivity contribution in [3.63, 3.8) is 0 Å². The quantitative estimate of drug-likeness (QED) is 0.313. The Kier molecular flexibility index (Phi) is 10.9. The summed E-state index contributed by atoms with van der Waals surface area (Å²) in [6.45, 7) is 5.27. The lowest BCUT2D eigenvalue weighted by Gasteiger charge is -2.32. The van der Waals surface area contributed by atoms with Crippen molar-refractivity contribution in [2.45, 2.75) is 38.8 Å². The molecule has 0 aliphatic carbocycles. The third-order valence-corrected chi connectivity index (χ3v) is 6.69. The fourth-order valence-corrected chi connectivity index (χ4v) is 4.20. The normalized spacial score (nSPS) is 17.5. The number of benzene rings is 1. The molecule has 10 heteroatoms. The van der Waals surface area contributed by atoms with E-state index in [9.17, 15) is 8.42 Å². The molecule has 0 spiro atoms. The average molecular weight is 545 g/mol. The molecular formula is C18H30ClIN4O3S. The molecule has 0 amide bonds. The zero-order chi connectivity index (χ0) is 19.9. The minimum Gasteiger partial charge on any atom is -0.487 e. The first-order valence-electron chi connectivity index (χ1n) is 9.22. The van der Waals surface area contributed by atoms with Gasteiger partial charge < -0.3 is 15.4 Å². The van der Waals surface area contributed by atoms with Gasteiger partial charge in [-0.3, -0.25) is 4.99 Å². The first-order chi connectivity index (χ1) is 12.9. The molecule has 0 saturated carbocycles. The molecule has 0 radical (unpaired) electrons. The van der Waals surface area contributed by atoms with Crippen molar-refractivity contribution in [2.24, 2.45) is 4.99 Å². The molecule has 1 unspecified atom stereocenters. The molecule has 1 heterocycles. The predicted molar refractivity (Wildman–Crippen MR) is 126 cm³/mol. The highest BCUT2D eigenvalue weighted by Gasteiger charge is 2.27. The second-order valence-electron chi connectivity index (χ2n) is 6.53. The molecule has 1 aromatic rings. The Morgan fingerprint density at radius 2 is 2.00 bits per heavy atom. The van der Waals surface area contributed by atoms with E-state index in [1.165, 1.54) is 0 Å². The summed E-state index contributed by atoms with van der Waals surface area (Å²) >= 11 is 6.11. The van der Waals surface area contributed by atoms with Crippen molar-refractivity contribution in [2.75, 3.05) is 32.4 Å². The smallest absolute Gasteiger partial charge is 0.213 e. The summed E-state index contributed by atoms with van der Waals surface area (Å²) in [5.41, 5.74) is 0. The van der Waals surface area contributed by atoms with Crippen LogP contribution in [0.2, 0.25) is 5.02 Å².